The van der Waals surface area contributed by atoms with E-state index in [0.29, 0.717) is 0 Å². The third-order valence-electron chi connectivity index (χ3n) is 5.33. The van der Waals surface area contributed by atoms with Crippen LogP contribution in [0.5, 0.6) is 0 Å². The number of ether oxygens (including phenoxy) is 1. The van der Waals surface area contributed by atoms with Gasteiger partial charge in [0.1, 0.15) is 11.3 Å². The van der Waals surface area contributed by atoms with Crippen molar-refractivity contribution in [2.45, 2.75) is 13.5 Å². The number of imidazole rings is 1. The van der Waals surface area contributed by atoms with E-state index in [0.717, 1.165) is 66.8 Å². The monoisotopic (exact) mass is 385 g/mol. The average molecular weight is 385 g/mol. The lowest BCUT2D eigenvalue weighted by molar-refractivity contribution is 0.0342. The van der Waals surface area contributed by atoms with Gasteiger partial charge >= 0.3 is 0 Å². The molecule has 1 aliphatic heterocycles. The maximum Gasteiger partial charge on any atom is 0.165 e. The molecule has 0 radical (unpaired) electrons. The van der Waals surface area contributed by atoms with Crippen LogP contribution in [-0.4, -0.2) is 50.7 Å². The molecule has 0 amide bonds. The molecule has 6 nitrogen and oxygen atoms in total. The van der Waals surface area contributed by atoms with Crippen molar-refractivity contribution in [3.8, 4) is 16.9 Å². The van der Waals surface area contributed by atoms with Gasteiger partial charge in [0.15, 0.2) is 5.65 Å². The number of fused-ring (bicyclic) bond motifs is 1. The average Bonchev–Trinajstić information content (AvgIpc) is 3.10. The summed E-state index contributed by atoms with van der Waals surface area (Å²) in [7, 11) is 0. The second-order valence-electron chi connectivity index (χ2n) is 7.33. The van der Waals surface area contributed by atoms with Crippen molar-refractivity contribution in [3.05, 3.63) is 72.3 Å². The Bertz CT molecular complexity index is 1130. The quantitative estimate of drug-likeness (QED) is 0.537. The summed E-state index contributed by atoms with van der Waals surface area (Å²) in [6.45, 7) is 6.54. The molecule has 0 spiro atoms. The van der Waals surface area contributed by atoms with Gasteiger partial charge in [0.25, 0.3) is 0 Å². The Kier molecular flexibility index (Phi) is 4.79. The summed E-state index contributed by atoms with van der Waals surface area (Å²) in [6, 6.07) is 16.7. The van der Waals surface area contributed by atoms with Crippen molar-refractivity contribution in [1.82, 2.24) is 24.4 Å². The molecule has 1 aliphatic rings. The summed E-state index contributed by atoms with van der Waals surface area (Å²) in [4.78, 5) is 16.2. The first kappa shape index (κ1) is 18.0. The molecule has 4 aromatic rings. The lowest BCUT2D eigenvalue weighted by Gasteiger charge is -2.26. The lowest BCUT2D eigenvalue weighted by atomic mass is 10.1. The Labute approximate surface area is 169 Å². The number of aryl methyl sites for hydroxylation is 1. The van der Waals surface area contributed by atoms with Crippen molar-refractivity contribution in [2.24, 2.45) is 0 Å². The Morgan fingerprint density at radius 3 is 2.62 bits per heavy atom. The van der Waals surface area contributed by atoms with Gasteiger partial charge in [-0.25, -0.2) is 9.97 Å². The van der Waals surface area contributed by atoms with Crippen LogP contribution >= 0.6 is 0 Å². The normalized spacial score (nSPS) is 15.1. The summed E-state index contributed by atoms with van der Waals surface area (Å²) in [5.74, 6) is 0.933. The molecule has 29 heavy (non-hydrogen) atoms. The van der Waals surface area contributed by atoms with Gasteiger partial charge in [0.05, 0.1) is 18.9 Å². The van der Waals surface area contributed by atoms with Crippen LogP contribution in [0.1, 0.15) is 11.4 Å². The minimum absolute atomic E-state index is 0.812. The fourth-order valence-corrected chi connectivity index (χ4v) is 3.87. The summed E-state index contributed by atoms with van der Waals surface area (Å²) < 4.78 is 7.61. The third-order valence-corrected chi connectivity index (χ3v) is 5.33. The molecule has 0 aliphatic carbocycles. The highest BCUT2D eigenvalue weighted by Crippen LogP contribution is 2.24. The molecule has 0 unspecified atom stereocenters. The Balaban J connectivity index is 1.54. The topological polar surface area (TPSA) is 56.1 Å². The molecule has 5 rings (SSSR count). The lowest BCUT2D eigenvalue weighted by Crippen LogP contribution is -2.35. The first-order valence-electron chi connectivity index (χ1n) is 9.94. The van der Waals surface area contributed by atoms with Gasteiger partial charge in [-0.05, 0) is 48.9 Å². The van der Waals surface area contributed by atoms with Crippen molar-refractivity contribution in [3.63, 3.8) is 0 Å². The van der Waals surface area contributed by atoms with Gasteiger partial charge in [-0.15, -0.1) is 0 Å². The maximum absolute atomic E-state index is 5.47. The molecule has 146 valence electrons. The van der Waals surface area contributed by atoms with Crippen LogP contribution in [0.25, 0.3) is 28.1 Å². The number of morpholine rings is 1. The van der Waals surface area contributed by atoms with E-state index in [-0.39, 0.29) is 0 Å². The number of hydrogen-bond donors (Lipinski definition) is 0. The molecule has 6 heteroatoms. The fourth-order valence-electron chi connectivity index (χ4n) is 3.87. The smallest absolute Gasteiger partial charge is 0.165 e. The molecule has 0 saturated carbocycles. The van der Waals surface area contributed by atoms with Crippen LogP contribution in [0.2, 0.25) is 0 Å². The highest BCUT2D eigenvalue weighted by molar-refractivity contribution is 5.78. The number of pyridine rings is 2. The highest BCUT2D eigenvalue weighted by atomic mass is 16.5. The van der Waals surface area contributed by atoms with Gasteiger partial charge in [0, 0.05) is 43.3 Å². The number of benzene rings is 1. The molecule has 3 aromatic heterocycles. The highest BCUT2D eigenvalue weighted by Gasteiger charge is 2.14. The van der Waals surface area contributed by atoms with E-state index >= 15 is 0 Å². The Hall–Kier alpha value is -3.09. The predicted octanol–water partition coefficient (Wildman–Crippen LogP) is 3.62. The first-order chi connectivity index (χ1) is 14.3. The summed E-state index contributed by atoms with van der Waals surface area (Å²) in [6.07, 6.45) is 3.58. The predicted molar refractivity (Wildman–Crippen MR) is 113 cm³/mol. The van der Waals surface area contributed by atoms with E-state index in [1.165, 1.54) is 5.56 Å². The van der Waals surface area contributed by atoms with Crippen LogP contribution in [0, 0.1) is 6.92 Å². The SMILES string of the molecule is Cc1nc2ccc(-c3ccncc3)nc2n1-c1cccc(CN2CCOCC2)c1. The Morgan fingerprint density at radius 2 is 1.79 bits per heavy atom. The van der Waals surface area contributed by atoms with Gasteiger partial charge in [0.2, 0.25) is 0 Å². The van der Waals surface area contributed by atoms with Crippen molar-refractivity contribution < 1.29 is 4.74 Å². The van der Waals surface area contributed by atoms with Crippen LogP contribution in [0.15, 0.2) is 60.9 Å². The standard InChI is InChI=1S/C23H23N5O/c1-17-25-22-6-5-21(19-7-9-24-10-8-19)26-23(22)28(17)20-4-2-3-18(15-20)16-27-11-13-29-14-12-27/h2-10,15H,11-14,16H2,1H3. The maximum atomic E-state index is 5.47. The van der Waals surface area contributed by atoms with Gasteiger partial charge in [-0.1, -0.05) is 12.1 Å². The number of hydrogen-bond acceptors (Lipinski definition) is 5. The minimum atomic E-state index is 0.812. The second kappa shape index (κ2) is 7.73. The van der Waals surface area contributed by atoms with Crippen LogP contribution in [-0.2, 0) is 11.3 Å². The number of aromatic nitrogens is 4. The summed E-state index contributed by atoms with van der Waals surface area (Å²) in [5.41, 5.74) is 6.13. The van der Waals surface area contributed by atoms with E-state index in [4.69, 9.17) is 14.7 Å². The third kappa shape index (κ3) is 3.64. The van der Waals surface area contributed by atoms with E-state index < -0.39 is 0 Å². The number of rotatable bonds is 4. The van der Waals surface area contributed by atoms with E-state index in [2.05, 4.69) is 38.7 Å². The van der Waals surface area contributed by atoms with Crippen molar-refractivity contribution in [2.75, 3.05) is 26.3 Å². The number of nitrogens with zero attached hydrogens (tertiary/aromatic N) is 5. The first-order valence-corrected chi connectivity index (χ1v) is 9.94. The van der Waals surface area contributed by atoms with E-state index in [1.54, 1.807) is 12.4 Å². The molecule has 1 saturated heterocycles. The summed E-state index contributed by atoms with van der Waals surface area (Å²) >= 11 is 0. The van der Waals surface area contributed by atoms with Gasteiger partial charge in [-0.3, -0.25) is 14.5 Å². The van der Waals surface area contributed by atoms with Crippen LogP contribution in [0.4, 0.5) is 0 Å². The molecule has 0 atom stereocenters. The largest absolute Gasteiger partial charge is 0.379 e. The minimum Gasteiger partial charge on any atom is -0.379 e. The Morgan fingerprint density at radius 1 is 0.966 bits per heavy atom. The zero-order valence-electron chi connectivity index (χ0n) is 16.5. The molecular formula is C23H23N5O. The summed E-state index contributed by atoms with van der Waals surface area (Å²) in [5, 5.41) is 0. The van der Waals surface area contributed by atoms with Crippen molar-refractivity contribution >= 4 is 11.2 Å². The van der Waals surface area contributed by atoms with Gasteiger partial charge in [-0.2, -0.15) is 0 Å². The molecule has 0 bridgehead atoms. The fraction of sp³-hybridized carbons (Fsp3) is 0.261. The van der Waals surface area contributed by atoms with Gasteiger partial charge < -0.3 is 4.74 Å². The zero-order chi connectivity index (χ0) is 19.6. The molecular weight excluding hydrogens is 362 g/mol. The van der Waals surface area contributed by atoms with E-state index in [1.807, 2.05) is 31.2 Å². The molecule has 4 heterocycles. The van der Waals surface area contributed by atoms with Crippen molar-refractivity contribution in [1.29, 1.82) is 0 Å². The van der Waals surface area contributed by atoms with Crippen LogP contribution in [0.3, 0.4) is 0 Å². The van der Waals surface area contributed by atoms with Crippen LogP contribution < -0.4 is 0 Å². The van der Waals surface area contributed by atoms with E-state index in [9.17, 15) is 0 Å². The zero-order valence-corrected chi connectivity index (χ0v) is 16.5. The molecule has 1 aromatic carbocycles. The molecule has 1 fully saturated rings. The molecule has 0 N–H and O–H groups in total. The second-order valence-corrected chi connectivity index (χ2v) is 7.33.